The van der Waals surface area contributed by atoms with Crippen molar-refractivity contribution in [3.05, 3.63) is 133 Å². The second-order valence-electron chi connectivity index (χ2n) is 11.9. The van der Waals surface area contributed by atoms with Crippen LogP contribution in [-0.4, -0.2) is 35.3 Å². The lowest BCUT2D eigenvalue weighted by Crippen LogP contribution is -2.47. The van der Waals surface area contributed by atoms with E-state index >= 15 is 0 Å². The maximum atomic E-state index is 6.17. The molecule has 5 nitrogen and oxygen atoms in total. The molecule has 0 atom stereocenters. The summed E-state index contributed by atoms with van der Waals surface area (Å²) >= 11 is 0. The fourth-order valence-corrected chi connectivity index (χ4v) is 5.47. The minimum absolute atomic E-state index is 0.000607. The zero-order chi connectivity index (χ0) is 29.9. The van der Waals surface area contributed by atoms with E-state index in [0.29, 0.717) is 30.7 Å². The van der Waals surface area contributed by atoms with Gasteiger partial charge in [-0.1, -0.05) is 141 Å². The highest BCUT2D eigenvalue weighted by molar-refractivity contribution is 6.61. The van der Waals surface area contributed by atoms with Gasteiger partial charge in [0.1, 0.15) is 0 Å². The molecule has 214 valence electrons. The average molecular weight is 574 g/mol. The second kappa shape index (κ2) is 12.0. The SMILES string of the molecule is CC1(C)COB(c2ccc(-c3ccccc3)c(-c3cccc(-c4nc(-c5ccccc5)nc(-c5ccccc5)n4)c3)c2)OC1. The Balaban J connectivity index is 1.34. The van der Waals surface area contributed by atoms with E-state index in [9.17, 15) is 0 Å². The lowest BCUT2D eigenvalue weighted by atomic mass is 9.74. The molecule has 1 aromatic heterocycles. The van der Waals surface area contributed by atoms with Crippen LogP contribution in [0, 0.1) is 5.41 Å². The van der Waals surface area contributed by atoms with E-state index in [0.717, 1.165) is 44.4 Å². The molecule has 2 heterocycles. The van der Waals surface area contributed by atoms with Crippen LogP contribution in [0.25, 0.3) is 56.4 Å². The lowest BCUT2D eigenvalue weighted by molar-refractivity contribution is 0.0343. The van der Waals surface area contributed by atoms with Crippen LogP contribution in [0.1, 0.15) is 13.8 Å². The Labute approximate surface area is 258 Å². The number of nitrogens with zero attached hydrogens (tertiary/aromatic N) is 3. The predicted octanol–water partition coefficient (Wildman–Crippen LogP) is 7.97. The van der Waals surface area contributed by atoms with Gasteiger partial charge in [0.2, 0.25) is 0 Å². The Morgan fingerprint density at radius 3 is 1.52 bits per heavy atom. The molecule has 0 N–H and O–H groups in total. The van der Waals surface area contributed by atoms with Crippen LogP contribution in [0.4, 0.5) is 0 Å². The molecule has 0 radical (unpaired) electrons. The summed E-state index contributed by atoms with van der Waals surface area (Å²) < 4.78 is 12.3. The lowest BCUT2D eigenvalue weighted by Gasteiger charge is -2.33. The van der Waals surface area contributed by atoms with Crippen LogP contribution in [0.2, 0.25) is 0 Å². The number of aromatic nitrogens is 3. The Bertz CT molecular complexity index is 1830. The summed E-state index contributed by atoms with van der Waals surface area (Å²) in [5.41, 5.74) is 8.22. The minimum atomic E-state index is -0.403. The van der Waals surface area contributed by atoms with Gasteiger partial charge in [-0.05, 0) is 33.8 Å². The molecule has 0 spiro atoms. The van der Waals surface area contributed by atoms with Crippen molar-refractivity contribution in [2.75, 3.05) is 13.2 Å². The van der Waals surface area contributed by atoms with Gasteiger partial charge in [-0.25, -0.2) is 15.0 Å². The first-order valence-electron chi connectivity index (χ1n) is 14.9. The summed E-state index contributed by atoms with van der Waals surface area (Å²) in [4.78, 5) is 14.8. The van der Waals surface area contributed by atoms with Crippen molar-refractivity contribution < 1.29 is 9.31 Å². The summed E-state index contributed by atoms with van der Waals surface area (Å²) in [6, 6.07) is 45.5. The Morgan fingerprint density at radius 2 is 0.955 bits per heavy atom. The zero-order valence-corrected chi connectivity index (χ0v) is 24.9. The number of benzene rings is 5. The van der Waals surface area contributed by atoms with Crippen molar-refractivity contribution in [2.24, 2.45) is 5.41 Å². The van der Waals surface area contributed by atoms with Crippen LogP contribution in [0.3, 0.4) is 0 Å². The molecule has 1 aliphatic rings. The number of rotatable bonds is 6. The monoisotopic (exact) mass is 573 g/mol. The average Bonchev–Trinajstić information content (AvgIpc) is 3.09. The van der Waals surface area contributed by atoms with Gasteiger partial charge in [0.25, 0.3) is 0 Å². The first kappa shape index (κ1) is 27.9. The third kappa shape index (κ3) is 5.95. The third-order valence-corrected chi connectivity index (χ3v) is 7.78. The molecular weight excluding hydrogens is 541 g/mol. The minimum Gasteiger partial charge on any atom is -0.407 e. The molecule has 1 aliphatic heterocycles. The molecule has 1 fully saturated rings. The van der Waals surface area contributed by atoms with Crippen molar-refractivity contribution in [3.8, 4) is 56.4 Å². The van der Waals surface area contributed by atoms with E-state index in [1.807, 2.05) is 66.7 Å². The highest BCUT2D eigenvalue weighted by Gasteiger charge is 2.33. The quantitative estimate of drug-likeness (QED) is 0.189. The van der Waals surface area contributed by atoms with E-state index in [2.05, 4.69) is 80.6 Å². The summed E-state index contributed by atoms with van der Waals surface area (Å²) in [5, 5.41) is 0. The van der Waals surface area contributed by atoms with Crippen LogP contribution in [0.15, 0.2) is 133 Å². The van der Waals surface area contributed by atoms with Gasteiger partial charge < -0.3 is 9.31 Å². The number of hydrogen-bond acceptors (Lipinski definition) is 5. The number of hydrogen-bond donors (Lipinski definition) is 0. The highest BCUT2D eigenvalue weighted by atomic mass is 16.6. The van der Waals surface area contributed by atoms with Crippen LogP contribution in [0.5, 0.6) is 0 Å². The molecule has 6 heteroatoms. The molecule has 0 amide bonds. The van der Waals surface area contributed by atoms with E-state index in [-0.39, 0.29) is 5.41 Å². The van der Waals surface area contributed by atoms with Crippen LogP contribution in [-0.2, 0) is 9.31 Å². The Hall–Kier alpha value is -4.91. The normalized spacial score (nSPS) is 14.4. The van der Waals surface area contributed by atoms with E-state index < -0.39 is 7.12 Å². The van der Waals surface area contributed by atoms with E-state index in [4.69, 9.17) is 24.3 Å². The first-order chi connectivity index (χ1) is 21.5. The van der Waals surface area contributed by atoms with Crippen LogP contribution >= 0.6 is 0 Å². The van der Waals surface area contributed by atoms with Gasteiger partial charge in [-0.3, -0.25) is 0 Å². The van der Waals surface area contributed by atoms with Crippen molar-refractivity contribution in [2.45, 2.75) is 13.8 Å². The van der Waals surface area contributed by atoms with Gasteiger partial charge in [0.05, 0.1) is 0 Å². The fraction of sp³-hybridized carbons (Fsp3) is 0.132. The van der Waals surface area contributed by atoms with Crippen molar-refractivity contribution >= 4 is 12.6 Å². The third-order valence-electron chi connectivity index (χ3n) is 7.78. The highest BCUT2D eigenvalue weighted by Crippen LogP contribution is 2.34. The van der Waals surface area contributed by atoms with Crippen molar-refractivity contribution in [3.63, 3.8) is 0 Å². The molecule has 0 bridgehead atoms. The molecule has 0 aliphatic carbocycles. The zero-order valence-electron chi connectivity index (χ0n) is 24.9. The van der Waals surface area contributed by atoms with Crippen molar-refractivity contribution in [1.82, 2.24) is 15.0 Å². The molecular formula is C38H32BN3O2. The summed E-state index contributed by atoms with van der Waals surface area (Å²) in [6.45, 7) is 5.62. The molecule has 0 unspecified atom stereocenters. The maximum Gasteiger partial charge on any atom is 0.493 e. The molecule has 44 heavy (non-hydrogen) atoms. The molecule has 7 rings (SSSR count). The Morgan fingerprint density at radius 1 is 0.477 bits per heavy atom. The van der Waals surface area contributed by atoms with Crippen molar-refractivity contribution in [1.29, 1.82) is 0 Å². The fourth-order valence-electron chi connectivity index (χ4n) is 5.47. The van der Waals surface area contributed by atoms with Gasteiger partial charge in [-0.2, -0.15) is 0 Å². The molecule has 6 aromatic rings. The molecule has 0 saturated carbocycles. The second-order valence-corrected chi connectivity index (χ2v) is 11.9. The Kier molecular flexibility index (Phi) is 7.61. The topological polar surface area (TPSA) is 57.1 Å². The largest absolute Gasteiger partial charge is 0.493 e. The summed E-state index contributed by atoms with van der Waals surface area (Å²) in [7, 11) is -0.403. The van der Waals surface area contributed by atoms with E-state index in [1.165, 1.54) is 0 Å². The maximum absolute atomic E-state index is 6.17. The summed E-state index contributed by atoms with van der Waals surface area (Å²) in [5.74, 6) is 1.90. The van der Waals surface area contributed by atoms with Gasteiger partial charge >= 0.3 is 7.12 Å². The first-order valence-corrected chi connectivity index (χ1v) is 14.9. The standard InChI is InChI=1S/C38H32BN3O2/c1-38(2)25-43-39(44-26-38)32-21-22-33(27-13-6-3-7-14-27)34(24-32)30-19-12-20-31(23-30)37-41-35(28-15-8-4-9-16-28)40-36(42-37)29-17-10-5-11-18-29/h3-24H,25-26H2,1-2H3. The van der Waals surface area contributed by atoms with Gasteiger partial charge in [0, 0.05) is 35.3 Å². The molecule has 5 aromatic carbocycles. The van der Waals surface area contributed by atoms with Gasteiger partial charge in [0.15, 0.2) is 17.5 Å². The smallest absolute Gasteiger partial charge is 0.407 e. The molecule has 1 saturated heterocycles. The van der Waals surface area contributed by atoms with E-state index in [1.54, 1.807) is 0 Å². The summed E-state index contributed by atoms with van der Waals surface area (Å²) in [6.07, 6.45) is 0. The van der Waals surface area contributed by atoms with Crippen LogP contribution < -0.4 is 5.46 Å². The predicted molar refractivity (Wildman–Crippen MR) is 178 cm³/mol. The van der Waals surface area contributed by atoms with Gasteiger partial charge in [-0.15, -0.1) is 0 Å².